The van der Waals surface area contributed by atoms with Crippen LogP contribution in [0.15, 0.2) is 18.2 Å². The summed E-state index contributed by atoms with van der Waals surface area (Å²) < 4.78 is 1.19. The molecule has 2 N–H and O–H groups in total. The maximum atomic E-state index is 12.4. The summed E-state index contributed by atoms with van der Waals surface area (Å²) in [5, 5.41) is 6.42. The summed E-state index contributed by atoms with van der Waals surface area (Å²) in [6, 6.07) is 6.08. The van der Waals surface area contributed by atoms with Crippen LogP contribution in [0.3, 0.4) is 0 Å². The molecule has 0 bridgehead atoms. The van der Waals surface area contributed by atoms with Crippen molar-refractivity contribution in [3.8, 4) is 0 Å². The number of carbonyl (C=O) groups is 1. The van der Waals surface area contributed by atoms with Crippen LogP contribution in [0.25, 0.3) is 0 Å². The van der Waals surface area contributed by atoms with Crippen LogP contribution in [0, 0.1) is 10.5 Å². The van der Waals surface area contributed by atoms with Gasteiger partial charge < -0.3 is 10.6 Å². The van der Waals surface area contributed by atoms with E-state index in [4.69, 9.17) is 0 Å². The highest BCUT2D eigenvalue weighted by Crippen LogP contribution is 2.26. The molecule has 0 saturated carbocycles. The zero-order valence-electron chi connectivity index (χ0n) is 10.8. The van der Waals surface area contributed by atoms with Gasteiger partial charge in [-0.3, -0.25) is 4.79 Å². The Kier molecular flexibility index (Phi) is 4.27. The van der Waals surface area contributed by atoms with Gasteiger partial charge >= 0.3 is 0 Å². The Bertz CT molecular complexity index is 453. The third-order valence-electron chi connectivity index (χ3n) is 3.72. The van der Waals surface area contributed by atoms with Crippen LogP contribution in [0.5, 0.6) is 0 Å². The van der Waals surface area contributed by atoms with E-state index in [-0.39, 0.29) is 11.4 Å². The highest BCUT2D eigenvalue weighted by Gasteiger charge is 2.39. The van der Waals surface area contributed by atoms with Gasteiger partial charge in [0.25, 0.3) is 0 Å². The number of hydrogen-bond donors (Lipinski definition) is 2. The molecule has 1 saturated heterocycles. The van der Waals surface area contributed by atoms with Crippen molar-refractivity contribution in [2.75, 3.05) is 11.9 Å². The predicted octanol–water partition coefficient (Wildman–Crippen LogP) is 3.07. The van der Waals surface area contributed by atoms with Crippen LogP contribution in [0.4, 0.5) is 5.69 Å². The largest absolute Gasteiger partial charge is 0.324 e. The fourth-order valence-corrected chi connectivity index (χ4v) is 3.12. The molecular weight excluding hydrogens is 339 g/mol. The Morgan fingerprint density at radius 1 is 1.56 bits per heavy atom. The van der Waals surface area contributed by atoms with Crippen molar-refractivity contribution >= 4 is 34.2 Å². The molecule has 1 atom stereocenters. The minimum Gasteiger partial charge on any atom is -0.324 e. The van der Waals surface area contributed by atoms with E-state index in [0.717, 1.165) is 37.1 Å². The Morgan fingerprint density at radius 3 is 2.89 bits per heavy atom. The summed E-state index contributed by atoms with van der Waals surface area (Å²) in [7, 11) is 0. The van der Waals surface area contributed by atoms with Crippen LogP contribution < -0.4 is 10.6 Å². The number of carbonyl (C=O) groups excluding carboxylic acids is 1. The summed E-state index contributed by atoms with van der Waals surface area (Å²) in [5.41, 5.74) is 1.66. The number of anilines is 1. The van der Waals surface area contributed by atoms with Crippen molar-refractivity contribution in [2.24, 2.45) is 0 Å². The van der Waals surface area contributed by atoms with Gasteiger partial charge in [-0.05, 0) is 79.1 Å². The zero-order valence-corrected chi connectivity index (χ0v) is 13.0. The molecule has 2 rings (SSSR count). The Balaban J connectivity index is 2.15. The SMILES string of the molecule is CCC1(C(=O)Nc2ccc(I)cc2C)CCCN1. The molecule has 1 aromatic rings. The first kappa shape index (κ1) is 13.8. The molecule has 1 amide bonds. The quantitative estimate of drug-likeness (QED) is 0.816. The third-order valence-corrected chi connectivity index (χ3v) is 4.39. The van der Waals surface area contributed by atoms with E-state index >= 15 is 0 Å². The van der Waals surface area contributed by atoms with Crippen LogP contribution in [0.1, 0.15) is 31.7 Å². The maximum absolute atomic E-state index is 12.4. The predicted molar refractivity (Wildman–Crippen MR) is 82.8 cm³/mol. The first-order chi connectivity index (χ1) is 8.57. The first-order valence-electron chi connectivity index (χ1n) is 6.40. The van der Waals surface area contributed by atoms with Gasteiger partial charge in [0.2, 0.25) is 5.91 Å². The highest BCUT2D eigenvalue weighted by atomic mass is 127. The molecule has 0 spiro atoms. The fraction of sp³-hybridized carbons (Fsp3) is 0.500. The van der Waals surface area contributed by atoms with Gasteiger partial charge in [-0.25, -0.2) is 0 Å². The minimum atomic E-state index is -0.366. The monoisotopic (exact) mass is 358 g/mol. The molecule has 0 aliphatic carbocycles. The summed E-state index contributed by atoms with van der Waals surface area (Å²) in [6.07, 6.45) is 2.84. The maximum Gasteiger partial charge on any atom is 0.244 e. The van der Waals surface area contributed by atoms with Gasteiger partial charge in [-0.15, -0.1) is 0 Å². The van der Waals surface area contributed by atoms with E-state index in [2.05, 4.69) is 46.2 Å². The smallest absolute Gasteiger partial charge is 0.244 e. The standard InChI is InChI=1S/C14H19IN2O/c1-3-14(7-4-8-16-14)13(18)17-12-6-5-11(15)9-10(12)2/h5-6,9,16H,3-4,7-8H2,1-2H3,(H,17,18). The van der Waals surface area contributed by atoms with Crippen molar-refractivity contribution in [1.82, 2.24) is 5.32 Å². The molecule has 1 aliphatic heterocycles. The molecule has 1 aromatic carbocycles. The van der Waals surface area contributed by atoms with Crippen molar-refractivity contribution in [2.45, 2.75) is 38.6 Å². The van der Waals surface area contributed by atoms with E-state index in [0.29, 0.717) is 0 Å². The van der Waals surface area contributed by atoms with Crippen LogP contribution >= 0.6 is 22.6 Å². The van der Waals surface area contributed by atoms with Gasteiger partial charge in [0.05, 0.1) is 5.54 Å². The lowest BCUT2D eigenvalue weighted by molar-refractivity contribution is -0.122. The van der Waals surface area contributed by atoms with Crippen molar-refractivity contribution in [1.29, 1.82) is 0 Å². The Hall–Kier alpha value is -0.620. The molecule has 18 heavy (non-hydrogen) atoms. The lowest BCUT2D eigenvalue weighted by Gasteiger charge is -2.27. The van der Waals surface area contributed by atoms with Gasteiger partial charge in [-0.1, -0.05) is 6.92 Å². The number of benzene rings is 1. The van der Waals surface area contributed by atoms with Crippen molar-refractivity contribution < 1.29 is 4.79 Å². The van der Waals surface area contributed by atoms with Gasteiger partial charge in [0.15, 0.2) is 0 Å². The third kappa shape index (κ3) is 2.69. The minimum absolute atomic E-state index is 0.104. The van der Waals surface area contributed by atoms with Crippen LogP contribution in [-0.2, 0) is 4.79 Å². The zero-order chi connectivity index (χ0) is 13.2. The molecule has 1 unspecified atom stereocenters. The summed E-state index contributed by atoms with van der Waals surface area (Å²) in [4.78, 5) is 12.4. The molecule has 98 valence electrons. The van der Waals surface area contributed by atoms with Crippen molar-refractivity contribution in [3.05, 3.63) is 27.3 Å². The summed E-state index contributed by atoms with van der Waals surface area (Å²) in [5.74, 6) is 0.104. The van der Waals surface area contributed by atoms with E-state index < -0.39 is 0 Å². The number of amides is 1. The topological polar surface area (TPSA) is 41.1 Å². The number of rotatable bonds is 3. The van der Waals surface area contributed by atoms with Crippen LogP contribution in [0.2, 0.25) is 0 Å². The average Bonchev–Trinajstić information content (AvgIpc) is 2.82. The van der Waals surface area contributed by atoms with Gasteiger partial charge in [0.1, 0.15) is 0 Å². The fourth-order valence-electron chi connectivity index (χ4n) is 2.47. The van der Waals surface area contributed by atoms with Crippen molar-refractivity contribution in [3.63, 3.8) is 0 Å². The molecule has 1 aliphatic rings. The second kappa shape index (κ2) is 5.57. The normalized spacial score (nSPS) is 23.1. The summed E-state index contributed by atoms with van der Waals surface area (Å²) in [6.45, 7) is 5.03. The molecule has 1 heterocycles. The number of halogens is 1. The molecule has 1 fully saturated rings. The van der Waals surface area contributed by atoms with E-state index in [1.165, 1.54) is 3.57 Å². The van der Waals surface area contributed by atoms with E-state index in [1.807, 2.05) is 19.1 Å². The first-order valence-corrected chi connectivity index (χ1v) is 7.48. The number of nitrogens with one attached hydrogen (secondary N) is 2. The Morgan fingerprint density at radius 2 is 2.33 bits per heavy atom. The van der Waals surface area contributed by atoms with Gasteiger partial charge in [-0.2, -0.15) is 0 Å². The molecule has 3 nitrogen and oxygen atoms in total. The highest BCUT2D eigenvalue weighted by molar-refractivity contribution is 14.1. The molecule has 0 aromatic heterocycles. The van der Waals surface area contributed by atoms with E-state index in [9.17, 15) is 4.79 Å². The molecule has 0 radical (unpaired) electrons. The second-order valence-corrected chi connectivity index (χ2v) is 6.12. The van der Waals surface area contributed by atoms with Gasteiger partial charge in [0, 0.05) is 9.26 Å². The average molecular weight is 358 g/mol. The molecule has 4 heteroatoms. The van der Waals surface area contributed by atoms with Crippen LogP contribution in [-0.4, -0.2) is 18.0 Å². The summed E-state index contributed by atoms with van der Waals surface area (Å²) >= 11 is 2.28. The second-order valence-electron chi connectivity index (χ2n) is 4.88. The lowest BCUT2D eigenvalue weighted by atomic mass is 9.93. The Labute approximate surface area is 122 Å². The van der Waals surface area contributed by atoms with E-state index in [1.54, 1.807) is 0 Å². The number of hydrogen-bond acceptors (Lipinski definition) is 2. The lowest BCUT2D eigenvalue weighted by Crippen LogP contribution is -2.50. The molecular formula is C14H19IN2O. The number of aryl methyl sites for hydroxylation is 1.